The zero-order valence-corrected chi connectivity index (χ0v) is 38.0. The number of Topliss-reactive ketones (excluding diaryl/α,β-unsaturated/α-hetero) is 1. The second-order valence-electron chi connectivity index (χ2n) is 17.4. The molecule has 0 aromatic rings. The highest BCUT2D eigenvalue weighted by Crippen LogP contribution is 2.39. The number of aliphatic hydroxyl groups excluding tert-OH is 2. The highest BCUT2D eigenvalue weighted by atomic mass is 127. The van der Waals surface area contributed by atoms with Crippen LogP contribution in [0.1, 0.15) is 105 Å². The number of hydrogen-bond donors (Lipinski definition) is 3. The molecule has 14 atom stereocenters. The molecule has 0 unspecified atom stereocenters. The molecule has 3 aliphatic heterocycles. The number of halogens is 1. The van der Waals surface area contributed by atoms with E-state index in [1.807, 2.05) is 48.9 Å². The summed E-state index contributed by atoms with van der Waals surface area (Å²) < 4.78 is 34.7. The molecule has 0 aromatic carbocycles. The standard InChI is InChI=1S/C44H69IN2O11/c1-10-13-31-19-25(2)18-26(3)20-37(55-8)40-38(56-9)22-28(5)44(53,58-40)41(50)42(51)47-17-12-11-14-33(47)43(52)57-39(29(6)35(49)24-32(31)46-45)27(4)21-30-15-16-34(48)36(23-30)54-7/h10,19,21,26,28-31,33-40,48-49,53H,1,11-18,20,22-24H2,2-9H3/b25-19+,27-21+,46-32?/t26-,28+,29+,30-,31+,33-,34+,35-,36+,37-,38-,39+,40+,44+/m0/s1. The quantitative estimate of drug-likeness (QED) is 0.121. The van der Waals surface area contributed by atoms with Gasteiger partial charge in [0.25, 0.3) is 11.7 Å². The number of ketones is 1. The van der Waals surface area contributed by atoms with E-state index in [9.17, 15) is 29.7 Å². The van der Waals surface area contributed by atoms with E-state index < -0.39 is 77.9 Å². The molecule has 4 aliphatic rings. The van der Waals surface area contributed by atoms with E-state index in [4.69, 9.17) is 23.7 Å². The molecule has 1 saturated carbocycles. The molecular formula is C44H69IN2O11. The van der Waals surface area contributed by atoms with Crippen molar-refractivity contribution in [1.82, 2.24) is 4.90 Å². The second kappa shape index (κ2) is 22.2. The Bertz CT molecular complexity index is 1520. The maximum absolute atomic E-state index is 14.4. The molecule has 58 heavy (non-hydrogen) atoms. The first kappa shape index (κ1) is 48.6. The summed E-state index contributed by atoms with van der Waals surface area (Å²) in [5, 5.41) is 34.5. The number of amides is 1. The molecule has 328 valence electrons. The molecular weight excluding hydrogens is 859 g/mol. The number of nitrogens with zero attached hydrogens (tertiary/aromatic N) is 2. The Morgan fingerprint density at radius 3 is 2.29 bits per heavy atom. The van der Waals surface area contributed by atoms with Gasteiger partial charge in [0.1, 0.15) is 18.2 Å². The largest absolute Gasteiger partial charge is 0.456 e. The van der Waals surface area contributed by atoms with Crippen LogP contribution in [0.25, 0.3) is 0 Å². The minimum absolute atomic E-state index is 0.0309. The molecule has 1 aliphatic carbocycles. The Morgan fingerprint density at radius 1 is 0.983 bits per heavy atom. The minimum atomic E-state index is -2.49. The van der Waals surface area contributed by atoms with Crippen molar-refractivity contribution in [2.24, 2.45) is 32.8 Å². The van der Waals surface area contributed by atoms with Gasteiger partial charge in [0.2, 0.25) is 5.79 Å². The van der Waals surface area contributed by atoms with Crippen molar-refractivity contribution in [3.8, 4) is 0 Å². The van der Waals surface area contributed by atoms with Crippen molar-refractivity contribution in [3.05, 3.63) is 36.0 Å². The van der Waals surface area contributed by atoms with E-state index in [2.05, 4.69) is 29.7 Å². The summed E-state index contributed by atoms with van der Waals surface area (Å²) >= 11 is 1.98. The molecule has 3 N–H and O–H groups in total. The Kier molecular flexibility index (Phi) is 18.6. The van der Waals surface area contributed by atoms with Crippen LogP contribution in [0, 0.1) is 29.6 Å². The van der Waals surface area contributed by atoms with Crippen LogP contribution < -0.4 is 0 Å². The van der Waals surface area contributed by atoms with Gasteiger partial charge in [-0.25, -0.2) is 8.00 Å². The van der Waals surface area contributed by atoms with E-state index in [-0.39, 0.29) is 49.7 Å². The summed E-state index contributed by atoms with van der Waals surface area (Å²) in [4.78, 5) is 44.2. The Morgan fingerprint density at radius 2 is 1.66 bits per heavy atom. The molecule has 3 fully saturated rings. The Labute approximate surface area is 359 Å². The van der Waals surface area contributed by atoms with Crippen molar-refractivity contribution < 1.29 is 53.4 Å². The lowest BCUT2D eigenvalue weighted by atomic mass is 9.81. The van der Waals surface area contributed by atoms with Crippen molar-refractivity contribution in [2.75, 3.05) is 27.9 Å². The fraction of sp³-hybridized carbons (Fsp3) is 0.773. The summed E-state index contributed by atoms with van der Waals surface area (Å²) in [7, 11) is 4.69. The molecule has 1 amide bonds. The third-order valence-electron chi connectivity index (χ3n) is 13.0. The average Bonchev–Trinajstić information content (AvgIpc) is 3.20. The van der Waals surface area contributed by atoms with Crippen LogP contribution >= 0.6 is 22.9 Å². The summed E-state index contributed by atoms with van der Waals surface area (Å²) in [5.74, 6) is -6.79. The molecule has 14 heteroatoms. The smallest absolute Gasteiger partial charge is 0.329 e. The number of rotatable bonds is 7. The van der Waals surface area contributed by atoms with Gasteiger partial charge >= 0.3 is 5.97 Å². The summed E-state index contributed by atoms with van der Waals surface area (Å²) in [6, 6.07) is -1.10. The number of cyclic esters (lactones) is 1. The number of carbonyl (C=O) groups excluding carboxylic acids is 3. The Balaban J connectivity index is 1.80. The molecule has 0 radical (unpaired) electrons. The predicted molar refractivity (Wildman–Crippen MR) is 229 cm³/mol. The SMILES string of the molecule is C=CC[C@@H]1/C=C(\C)C[C@H](C)C[C@H](OC)[C@H]2O[C@@](O)(C(=O)C(=O)N3CCCC[C@H]3C(=O)O[C@H](/C(C)=C/[C@@H]3CC[C@@H](O)[C@H](OC)C3)[C@H](C)[C@@H](O)CC1=NI)[C@H](C)C[C@@H]2OC. The lowest BCUT2D eigenvalue weighted by Gasteiger charge is -2.47. The van der Waals surface area contributed by atoms with Crippen molar-refractivity contribution in [1.29, 1.82) is 0 Å². The van der Waals surface area contributed by atoms with Crippen molar-refractivity contribution in [2.45, 2.75) is 160 Å². The molecule has 3 heterocycles. The first-order valence-corrected chi connectivity index (χ1v) is 22.0. The van der Waals surface area contributed by atoms with Gasteiger partial charge in [0.05, 0.1) is 53.4 Å². The fourth-order valence-electron chi connectivity index (χ4n) is 9.54. The lowest BCUT2D eigenvalue weighted by molar-refractivity contribution is -0.302. The lowest BCUT2D eigenvalue weighted by Crippen LogP contribution is -2.64. The van der Waals surface area contributed by atoms with Gasteiger partial charge in [0.15, 0.2) is 0 Å². The van der Waals surface area contributed by atoms with Crippen LogP contribution in [0.5, 0.6) is 0 Å². The number of methoxy groups -OCH3 is 3. The van der Waals surface area contributed by atoms with Crippen LogP contribution in [0.4, 0.5) is 0 Å². The van der Waals surface area contributed by atoms with Gasteiger partial charge in [-0.05, 0) is 95.5 Å². The summed E-state index contributed by atoms with van der Waals surface area (Å²) in [5.41, 5.74) is 2.61. The minimum Gasteiger partial charge on any atom is -0.456 e. The van der Waals surface area contributed by atoms with Crippen LogP contribution in [0.2, 0.25) is 0 Å². The maximum Gasteiger partial charge on any atom is 0.329 e. The number of esters is 1. The van der Waals surface area contributed by atoms with E-state index in [1.165, 1.54) is 4.90 Å². The molecule has 13 nitrogen and oxygen atoms in total. The van der Waals surface area contributed by atoms with Crippen LogP contribution in [-0.2, 0) is 38.1 Å². The monoisotopic (exact) mass is 928 g/mol. The fourth-order valence-corrected chi connectivity index (χ4v) is 10.1. The highest BCUT2D eigenvalue weighted by molar-refractivity contribution is 14.1. The number of aliphatic hydroxyl groups is 3. The molecule has 4 rings (SSSR count). The molecule has 2 bridgehead atoms. The van der Waals surface area contributed by atoms with E-state index in [0.717, 1.165) is 16.9 Å². The predicted octanol–water partition coefficient (Wildman–Crippen LogP) is 5.86. The number of fused-ring (bicyclic) bond motifs is 3. The normalized spacial score (nSPS) is 41.2. The second-order valence-corrected chi connectivity index (χ2v) is 17.9. The van der Waals surface area contributed by atoms with Crippen molar-refractivity contribution in [3.63, 3.8) is 0 Å². The van der Waals surface area contributed by atoms with E-state index in [0.29, 0.717) is 51.4 Å². The summed E-state index contributed by atoms with van der Waals surface area (Å²) in [6.45, 7) is 13.6. The van der Waals surface area contributed by atoms with Crippen molar-refractivity contribution >= 4 is 46.2 Å². The third-order valence-corrected chi connectivity index (χ3v) is 13.6. The van der Waals surface area contributed by atoms with Gasteiger partial charge in [-0.1, -0.05) is 44.6 Å². The number of hydrogen-bond acceptors (Lipinski definition) is 12. The van der Waals surface area contributed by atoms with Gasteiger partial charge < -0.3 is 43.9 Å². The maximum atomic E-state index is 14.4. The number of ether oxygens (including phenoxy) is 5. The first-order valence-electron chi connectivity index (χ1n) is 21.1. The van der Waals surface area contributed by atoms with E-state index >= 15 is 0 Å². The Hall–Kier alpha value is -2.05. The first-order chi connectivity index (χ1) is 27.5. The molecule has 0 spiro atoms. The number of allylic oxidation sites excluding steroid dienone is 4. The molecule has 2 saturated heterocycles. The zero-order chi connectivity index (χ0) is 42.9. The highest BCUT2D eigenvalue weighted by Gasteiger charge is 2.56. The third kappa shape index (κ3) is 11.6. The number of carbonyl (C=O) groups is 3. The topological polar surface area (TPSA) is 174 Å². The van der Waals surface area contributed by atoms with Crippen LogP contribution in [0.15, 0.2) is 39.2 Å². The van der Waals surface area contributed by atoms with Gasteiger partial charge in [-0.15, -0.1) is 6.58 Å². The van der Waals surface area contributed by atoms with Crippen LogP contribution in [-0.4, -0.2) is 126 Å². The number of piperidine rings is 1. The zero-order valence-electron chi connectivity index (χ0n) is 35.8. The van der Waals surface area contributed by atoms with Gasteiger partial charge in [-0.2, -0.15) is 0 Å². The summed E-state index contributed by atoms with van der Waals surface area (Å²) in [6.07, 6.45) is 6.85. The van der Waals surface area contributed by atoms with Gasteiger partial charge in [0, 0.05) is 57.8 Å². The molecule has 0 aromatic heterocycles. The van der Waals surface area contributed by atoms with Gasteiger partial charge in [-0.3, -0.25) is 9.59 Å². The van der Waals surface area contributed by atoms with Crippen LogP contribution in [0.3, 0.4) is 0 Å². The average molecular weight is 929 g/mol. The van der Waals surface area contributed by atoms with E-state index in [1.54, 1.807) is 28.3 Å².